The molecular formula is C18H34N4O5. The number of amides is 3. The Balaban J connectivity index is 5.26. The summed E-state index contributed by atoms with van der Waals surface area (Å²) in [5.74, 6) is -3.02. The lowest BCUT2D eigenvalue weighted by molar-refractivity contribution is -0.143. The van der Waals surface area contributed by atoms with Crippen molar-refractivity contribution >= 4 is 23.7 Å². The Morgan fingerprint density at radius 2 is 1.41 bits per heavy atom. The zero-order valence-electron chi connectivity index (χ0n) is 16.9. The minimum Gasteiger partial charge on any atom is -0.480 e. The summed E-state index contributed by atoms with van der Waals surface area (Å²) in [6.45, 7) is 8.70. The summed E-state index contributed by atoms with van der Waals surface area (Å²) in [5.41, 5.74) is 5.48. The van der Waals surface area contributed by atoms with Crippen LogP contribution in [0, 0.1) is 11.8 Å². The SMILES string of the molecule is CC(=O)N[C@H](C(=O)N[C@@H](CCCCN)C(=O)N[C@H](C(=O)O)C(C)C)C(C)C. The van der Waals surface area contributed by atoms with Gasteiger partial charge in [0.05, 0.1) is 0 Å². The molecule has 0 spiro atoms. The molecule has 0 aliphatic heterocycles. The molecule has 27 heavy (non-hydrogen) atoms. The highest BCUT2D eigenvalue weighted by molar-refractivity contribution is 5.93. The van der Waals surface area contributed by atoms with Gasteiger partial charge in [0.15, 0.2) is 0 Å². The lowest BCUT2D eigenvalue weighted by Gasteiger charge is -2.26. The molecule has 0 aliphatic rings. The highest BCUT2D eigenvalue weighted by Gasteiger charge is 2.31. The van der Waals surface area contributed by atoms with Crippen LogP contribution >= 0.6 is 0 Å². The molecule has 156 valence electrons. The molecule has 0 radical (unpaired) electrons. The van der Waals surface area contributed by atoms with Gasteiger partial charge in [-0.25, -0.2) is 4.79 Å². The van der Waals surface area contributed by atoms with E-state index in [-0.39, 0.29) is 17.7 Å². The number of nitrogens with two attached hydrogens (primary N) is 1. The van der Waals surface area contributed by atoms with Crippen molar-refractivity contribution in [3.05, 3.63) is 0 Å². The summed E-state index contributed by atoms with van der Waals surface area (Å²) >= 11 is 0. The topological polar surface area (TPSA) is 151 Å². The summed E-state index contributed by atoms with van der Waals surface area (Å²) in [5, 5.41) is 17.0. The number of carbonyl (C=O) groups is 4. The van der Waals surface area contributed by atoms with Crippen LogP contribution < -0.4 is 21.7 Å². The van der Waals surface area contributed by atoms with Crippen LogP contribution in [-0.2, 0) is 19.2 Å². The van der Waals surface area contributed by atoms with Crippen LogP contribution in [0.3, 0.4) is 0 Å². The highest BCUT2D eigenvalue weighted by atomic mass is 16.4. The average Bonchev–Trinajstić information content (AvgIpc) is 2.55. The van der Waals surface area contributed by atoms with Crippen LogP contribution in [0.4, 0.5) is 0 Å². The maximum absolute atomic E-state index is 12.6. The first-order valence-corrected chi connectivity index (χ1v) is 9.31. The Hall–Kier alpha value is -2.16. The van der Waals surface area contributed by atoms with Crippen LogP contribution in [0.5, 0.6) is 0 Å². The van der Waals surface area contributed by atoms with Gasteiger partial charge in [-0.1, -0.05) is 27.7 Å². The second-order valence-electron chi connectivity index (χ2n) is 7.34. The fourth-order valence-corrected chi connectivity index (χ4v) is 2.54. The number of nitrogens with one attached hydrogen (secondary N) is 3. The number of aliphatic carboxylic acids is 1. The number of hydrogen-bond donors (Lipinski definition) is 5. The third kappa shape index (κ3) is 9.37. The molecule has 0 aromatic heterocycles. The summed E-state index contributed by atoms with van der Waals surface area (Å²) in [4.78, 5) is 47.8. The van der Waals surface area contributed by atoms with Crippen molar-refractivity contribution in [1.29, 1.82) is 0 Å². The van der Waals surface area contributed by atoms with Gasteiger partial charge >= 0.3 is 5.97 Å². The van der Waals surface area contributed by atoms with Crippen molar-refractivity contribution in [1.82, 2.24) is 16.0 Å². The number of carboxylic acid groups (broad SMARTS) is 1. The standard InChI is InChI=1S/C18H34N4O5/c1-10(2)14(20-12(5)23)17(25)21-13(8-6-7-9-19)16(24)22-15(11(3)4)18(26)27/h10-11,13-15H,6-9,19H2,1-5H3,(H,20,23)(H,21,25)(H,22,24)(H,26,27)/t13-,14-,15-/m0/s1. The predicted molar refractivity (Wildman–Crippen MR) is 102 cm³/mol. The Kier molecular flexibility index (Phi) is 11.3. The second-order valence-corrected chi connectivity index (χ2v) is 7.34. The minimum absolute atomic E-state index is 0.177. The highest BCUT2D eigenvalue weighted by Crippen LogP contribution is 2.08. The number of hydrogen-bond acceptors (Lipinski definition) is 5. The number of rotatable bonds is 12. The van der Waals surface area contributed by atoms with Gasteiger partial charge in [0, 0.05) is 6.92 Å². The molecule has 9 nitrogen and oxygen atoms in total. The van der Waals surface area contributed by atoms with Gasteiger partial charge in [-0.15, -0.1) is 0 Å². The first kappa shape index (κ1) is 24.8. The minimum atomic E-state index is -1.14. The van der Waals surface area contributed by atoms with E-state index in [1.54, 1.807) is 27.7 Å². The van der Waals surface area contributed by atoms with E-state index in [0.717, 1.165) is 0 Å². The van der Waals surface area contributed by atoms with Crippen molar-refractivity contribution in [3.63, 3.8) is 0 Å². The van der Waals surface area contributed by atoms with Crippen molar-refractivity contribution < 1.29 is 24.3 Å². The van der Waals surface area contributed by atoms with E-state index >= 15 is 0 Å². The first-order valence-electron chi connectivity index (χ1n) is 9.31. The van der Waals surface area contributed by atoms with E-state index in [1.165, 1.54) is 6.92 Å². The number of carbonyl (C=O) groups excluding carboxylic acids is 3. The molecule has 0 aliphatic carbocycles. The van der Waals surface area contributed by atoms with Gasteiger partial charge < -0.3 is 26.8 Å². The number of carboxylic acids is 1. The lowest BCUT2D eigenvalue weighted by Crippen LogP contribution is -2.57. The van der Waals surface area contributed by atoms with Crippen molar-refractivity contribution in [2.24, 2.45) is 17.6 Å². The van der Waals surface area contributed by atoms with E-state index in [1.807, 2.05) is 0 Å². The first-order chi connectivity index (χ1) is 12.5. The van der Waals surface area contributed by atoms with Crippen molar-refractivity contribution in [3.8, 4) is 0 Å². The van der Waals surface area contributed by atoms with Crippen LogP contribution in [0.2, 0.25) is 0 Å². The molecule has 3 atom stereocenters. The molecule has 0 aromatic rings. The van der Waals surface area contributed by atoms with E-state index < -0.39 is 35.9 Å². The summed E-state index contributed by atoms with van der Waals surface area (Å²) in [7, 11) is 0. The summed E-state index contributed by atoms with van der Waals surface area (Å²) in [6.07, 6.45) is 1.59. The fourth-order valence-electron chi connectivity index (χ4n) is 2.54. The van der Waals surface area contributed by atoms with Crippen LogP contribution in [-0.4, -0.2) is 53.5 Å². The molecular weight excluding hydrogens is 352 g/mol. The molecule has 0 saturated heterocycles. The van der Waals surface area contributed by atoms with E-state index in [9.17, 15) is 24.3 Å². The Morgan fingerprint density at radius 1 is 0.852 bits per heavy atom. The quantitative estimate of drug-likeness (QED) is 0.298. The predicted octanol–water partition coefficient (Wildman–Crippen LogP) is -0.0137. The molecule has 3 amide bonds. The molecule has 0 unspecified atom stereocenters. The monoisotopic (exact) mass is 386 g/mol. The zero-order valence-corrected chi connectivity index (χ0v) is 16.9. The molecule has 0 saturated carbocycles. The van der Waals surface area contributed by atoms with Crippen molar-refractivity contribution in [2.75, 3.05) is 6.54 Å². The third-order valence-corrected chi connectivity index (χ3v) is 4.12. The van der Waals surface area contributed by atoms with Gasteiger partial charge in [-0.3, -0.25) is 14.4 Å². The molecule has 0 aromatic carbocycles. The van der Waals surface area contributed by atoms with Gasteiger partial charge in [0.25, 0.3) is 0 Å². The Labute approximate surface area is 160 Å². The number of unbranched alkanes of at least 4 members (excludes halogenated alkanes) is 1. The van der Waals surface area contributed by atoms with Crippen LogP contribution in [0.25, 0.3) is 0 Å². The summed E-state index contributed by atoms with van der Waals surface area (Å²) in [6, 6.07) is -2.74. The van der Waals surface area contributed by atoms with Crippen LogP contribution in [0.1, 0.15) is 53.9 Å². The largest absolute Gasteiger partial charge is 0.480 e. The summed E-state index contributed by atoms with van der Waals surface area (Å²) < 4.78 is 0. The van der Waals surface area contributed by atoms with Crippen LogP contribution in [0.15, 0.2) is 0 Å². The Bertz CT molecular complexity index is 522. The lowest BCUT2D eigenvalue weighted by atomic mass is 10.0. The van der Waals surface area contributed by atoms with E-state index in [4.69, 9.17) is 5.73 Å². The smallest absolute Gasteiger partial charge is 0.326 e. The van der Waals surface area contributed by atoms with Gasteiger partial charge in [-0.05, 0) is 37.6 Å². The third-order valence-electron chi connectivity index (χ3n) is 4.12. The average molecular weight is 386 g/mol. The maximum atomic E-state index is 12.6. The van der Waals surface area contributed by atoms with E-state index in [0.29, 0.717) is 25.8 Å². The molecule has 0 heterocycles. The molecule has 0 rings (SSSR count). The van der Waals surface area contributed by atoms with Gasteiger partial charge in [0.1, 0.15) is 18.1 Å². The molecule has 9 heteroatoms. The normalized spacial score (nSPS) is 14.4. The van der Waals surface area contributed by atoms with E-state index in [2.05, 4.69) is 16.0 Å². The Morgan fingerprint density at radius 3 is 1.81 bits per heavy atom. The maximum Gasteiger partial charge on any atom is 0.326 e. The molecule has 0 bridgehead atoms. The van der Waals surface area contributed by atoms with Gasteiger partial charge in [-0.2, -0.15) is 0 Å². The van der Waals surface area contributed by atoms with Crippen molar-refractivity contribution in [2.45, 2.75) is 72.0 Å². The van der Waals surface area contributed by atoms with Gasteiger partial charge in [0.2, 0.25) is 17.7 Å². The second kappa shape index (κ2) is 12.3. The molecule has 6 N–H and O–H groups in total. The zero-order chi connectivity index (χ0) is 21.1. The fraction of sp³-hybridized carbons (Fsp3) is 0.778. The molecule has 0 fully saturated rings.